The minimum Gasteiger partial charge on any atom is -0.495 e. The summed E-state index contributed by atoms with van der Waals surface area (Å²) in [7, 11) is 1.57. The SMILES string of the molecule is COc1ccc(Cl)cc1NC(=O)C1CCCN(Cc2nc(-c3cccc(C)c3)no2)C1. The van der Waals surface area contributed by atoms with Crippen molar-refractivity contribution in [3.05, 3.63) is 58.9 Å². The fourth-order valence-electron chi connectivity index (χ4n) is 3.84. The van der Waals surface area contributed by atoms with Crippen molar-refractivity contribution in [2.75, 3.05) is 25.5 Å². The zero-order chi connectivity index (χ0) is 21.8. The number of hydrogen-bond donors (Lipinski definition) is 1. The van der Waals surface area contributed by atoms with Crippen LogP contribution < -0.4 is 10.1 Å². The van der Waals surface area contributed by atoms with Crippen molar-refractivity contribution in [3.8, 4) is 17.1 Å². The van der Waals surface area contributed by atoms with Crippen molar-refractivity contribution in [2.45, 2.75) is 26.3 Å². The lowest BCUT2D eigenvalue weighted by Crippen LogP contribution is -2.40. The van der Waals surface area contributed by atoms with Gasteiger partial charge in [-0.2, -0.15) is 4.98 Å². The molecule has 1 aliphatic heterocycles. The van der Waals surface area contributed by atoms with Gasteiger partial charge in [-0.1, -0.05) is 40.5 Å². The molecule has 31 heavy (non-hydrogen) atoms. The highest BCUT2D eigenvalue weighted by molar-refractivity contribution is 6.31. The van der Waals surface area contributed by atoms with Crippen LogP contribution >= 0.6 is 11.6 Å². The number of nitrogens with one attached hydrogen (secondary N) is 1. The van der Waals surface area contributed by atoms with E-state index in [1.807, 2.05) is 31.2 Å². The molecule has 1 unspecified atom stereocenters. The molecule has 1 amide bonds. The number of likely N-dealkylation sites (tertiary alicyclic amines) is 1. The molecule has 162 valence electrons. The Morgan fingerprint density at radius 2 is 2.19 bits per heavy atom. The molecule has 0 radical (unpaired) electrons. The maximum atomic E-state index is 12.9. The summed E-state index contributed by atoms with van der Waals surface area (Å²) in [6, 6.07) is 13.2. The highest BCUT2D eigenvalue weighted by atomic mass is 35.5. The number of carbonyl (C=O) groups excluding carboxylic acids is 1. The average Bonchev–Trinajstić information content (AvgIpc) is 3.22. The van der Waals surface area contributed by atoms with E-state index in [4.69, 9.17) is 20.9 Å². The van der Waals surface area contributed by atoms with E-state index in [0.717, 1.165) is 30.5 Å². The molecule has 7 nitrogen and oxygen atoms in total. The fraction of sp³-hybridized carbons (Fsp3) is 0.348. The van der Waals surface area contributed by atoms with Gasteiger partial charge in [-0.25, -0.2) is 0 Å². The van der Waals surface area contributed by atoms with Crippen molar-refractivity contribution >= 4 is 23.2 Å². The molecule has 0 aliphatic carbocycles. The first-order valence-corrected chi connectivity index (χ1v) is 10.7. The molecule has 8 heteroatoms. The molecular weight excluding hydrogens is 416 g/mol. The highest BCUT2D eigenvalue weighted by Crippen LogP contribution is 2.29. The van der Waals surface area contributed by atoms with Gasteiger partial charge in [0.1, 0.15) is 5.75 Å². The van der Waals surface area contributed by atoms with Crippen LogP contribution in [0.2, 0.25) is 5.02 Å². The number of ether oxygens (including phenoxy) is 1. The van der Waals surface area contributed by atoms with Crippen LogP contribution in [0.4, 0.5) is 5.69 Å². The van der Waals surface area contributed by atoms with E-state index in [1.54, 1.807) is 25.3 Å². The normalized spacial score (nSPS) is 16.8. The molecule has 1 saturated heterocycles. The third kappa shape index (κ3) is 5.24. The number of carbonyl (C=O) groups is 1. The second-order valence-corrected chi connectivity index (χ2v) is 8.23. The maximum Gasteiger partial charge on any atom is 0.241 e. The smallest absolute Gasteiger partial charge is 0.241 e. The number of piperidine rings is 1. The number of anilines is 1. The molecule has 1 N–H and O–H groups in total. The van der Waals surface area contributed by atoms with Crippen molar-refractivity contribution in [3.63, 3.8) is 0 Å². The largest absolute Gasteiger partial charge is 0.495 e. The minimum atomic E-state index is -0.142. The molecule has 1 aliphatic rings. The van der Waals surface area contributed by atoms with Gasteiger partial charge in [0.2, 0.25) is 17.6 Å². The predicted molar refractivity (Wildman–Crippen MR) is 119 cm³/mol. The number of rotatable bonds is 6. The van der Waals surface area contributed by atoms with Crippen LogP contribution in [0.25, 0.3) is 11.4 Å². The van der Waals surface area contributed by atoms with Gasteiger partial charge in [0, 0.05) is 17.1 Å². The standard InChI is InChI=1S/C23H25ClN4O3/c1-15-5-3-6-16(11-15)22-26-21(31-27-22)14-28-10-4-7-17(13-28)23(29)25-19-12-18(24)8-9-20(19)30-2/h3,5-6,8-9,11-12,17H,4,7,10,13-14H2,1-2H3,(H,25,29). The molecule has 2 aromatic carbocycles. The van der Waals surface area contributed by atoms with Crippen molar-refractivity contribution < 1.29 is 14.1 Å². The van der Waals surface area contributed by atoms with Crippen LogP contribution in [0.15, 0.2) is 47.0 Å². The molecule has 1 fully saturated rings. The number of halogens is 1. The molecule has 4 rings (SSSR count). The van der Waals surface area contributed by atoms with Crippen LogP contribution in [-0.2, 0) is 11.3 Å². The van der Waals surface area contributed by atoms with Crippen molar-refractivity contribution in [1.29, 1.82) is 0 Å². The van der Waals surface area contributed by atoms with E-state index in [2.05, 4.69) is 20.4 Å². The number of aryl methyl sites for hydroxylation is 1. The monoisotopic (exact) mass is 440 g/mol. The Kier molecular flexibility index (Phi) is 6.53. The van der Waals surface area contributed by atoms with Gasteiger partial charge in [-0.05, 0) is 50.6 Å². The van der Waals surface area contributed by atoms with Gasteiger partial charge in [0.15, 0.2) is 0 Å². The second kappa shape index (κ2) is 9.49. The topological polar surface area (TPSA) is 80.5 Å². The van der Waals surface area contributed by atoms with E-state index < -0.39 is 0 Å². The molecule has 0 spiro atoms. The van der Waals surface area contributed by atoms with Gasteiger partial charge in [-0.3, -0.25) is 9.69 Å². The van der Waals surface area contributed by atoms with Crippen LogP contribution in [0.5, 0.6) is 5.75 Å². The van der Waals surface area contributed by atoms with Crippen molar-refractivity contribution in [1.82, 2.24) is 15.0 Å². The van der Waals surface area contributed by atoms with Gasteiger partial charge < -0.3 is 14.6 Å². The molecule has 1 aromatic heterocycles. The van der Waals surface area contributed by atoms with Gasteiger partial charge in [0.25, 0.3) is 0 Å². The Hall–Kier alpha value is -2.90. The molecule has 3 aromatic rings. The second-order valence-electron chi connectivity index (χ2n) is 7.79. The quantitative estimate of drug-likeness (QED) is 0.605. The molecular formula is C23H25ClN4O3. The van der Waals surface area contributed by atoms with Gasteiger partial charge in [0.05, 0.1) is 25.3 Å². The Morgan fingerprint density at radius 1 is 1.32 bits per heavy atom. The third-order valence-electron chi connectivity index (χ3n) is 5.40. The Labute approximate surface area is 186 Å². The van der Waals surface area contributed by atoms with Crippen LogP contribution in [-0.4, -0.2) is 41.1 Å². The highest BCUT2D eigenvalue weighted by Gasteiger charge is 2.27. The summed E-state index contributed by atoms with van der Waals surface area (Å²) in [6.07, 6.45) is 1.74. The van der Waals surface area contributed by atoms with Gasteiger partial charge in [-0.15, -0.1) is 0 Å². The first-order valence-electron chi connectivity index (χ1n) is 10.3. The summed E-state index contributed by atoms with van der Waals surface area (Å²) in [4.78, 5) is 19.6. The summed E-state index contributed by atoms with van der Waals surface area (Å²) in [6.45, 7) is 4.05. The fourth-order valence-corrected chi connectivity index (χ4v) is 4.01. The van der Waals surface area contributed by atoms with E-state index in [-0.39, 0.29) is 11.8 Å². The minimum absolute atomic E-state index is 0.0451. The van der Waals surface area contributed by atoms with Crippen LogP contribution in [0, 0.1) is 12.8 Å². The first kappa shape index (κ1) is 21.3. The maximum absolute atomic E-state index is 12.9. The number of aromatic nitrogens is 2. The summed E-state index contributed by atoms with van der Waals surface area (Å²) in [5.41, 5.74) is 2.66. The Morgan fingerprint density at radius 3 is 3.00 bits per heavy atom. The number of methoxy groups -OCH3 is 1. The van der Waals surface area contributed by atoms with E-state index in [1.165, 1.54) is 0 Å². The third-order valence-corrected chi connectivity index (χ3v) is 5.63. The van der Waals surface area contributed by atoms with Crippen LogP contribution in [0.1, 0.15) is 24.3 Å². The zero-order valence-corrected chi connectivity index (χ0v) is 18.4. The lowest BCUT2D eigenvalue weighted by Gasteiger charge is -2.31. The number of nitrogens with zero attached hydrogens (tertiary/aromatic N) is 3. The van der Waals surface area contributed by atoms with Gasteiger partial charge >= 0.3 is 0 Å². The number of hydrogen-bond acceptors (Lipinski definition) is 6. The summed E-state index contributed by atoms with van der Waals surface area (Å²) in [5.74, 6) is 1.53. The molecule has 2 heterocycles. The molecule has 1 atom stereocenters. The number of benzene rings is 2. The van der Waals surface area contributed by atoms with E-state index in [9.17, 15) is 4.79 Å². The average molecular weight is 441 g/mol. The Bertz CT molecular complexity index is 1070. The summed E-state index contributed by atoms with van der Waals surface area (Å²) >= 11 is 6.07. The Balaban J connectivity index is 1.39. The lowest BCUT2D eigenvalue weighted by molar-refractivity contribution is -0.121. The lowest BCUT2D eigenvalue weighted by atomic mass is 9.97. The zero-order valence-electron chi connectivity index (χ0n) is 17.6. The summed E-state index contributed by atoms with van der Waals surface area (Å²) < 4.78 is 10.8. The van der Waals surface area contributed by atoms with E-state index >= 15 is 0 Å². The van der Waals surface area contributed by atoms with Crippen LogP contribution in [0.3, 0.4) is 0 Å². The molecule has 0 bridgehead atoms. The van der Waals surface area contributed by atoms with Crippen molar-refractivity contribution in [2.24, 2.45) is 5.92 Å². The first-order chi connectivity index (χ1) is 15.0. The molecule has 0 saturated carbocycles. The van der Waals surface area contributed by atoms with E-state index in [0.29, 0.717) is 41.3 Å². The summed E-state index contributed by atoms with van der Waals surface area (Å²) in [5, 5.41) is 7.62. The predicted octanol–water partition coefficient (Wildman–Crippen LogP) is 4.56. The number of amides is 1.